The first kappa shape index (κ1) is 21.4. The average molecular weight is 353 g/mol. The minimum Gasteiger partial charge on any atom is -0.497 e. The third-order valence-electron chi connectivity index (χ3n) is 3.75. The van der Waals surface area contributed by atoms with Crippen molar-refractivity contribution in [2.24, 2.45) is 0 Å². The summed E-state index contributed by atoms with van der Waals surface area (Å²) >= 11 is 0. The van der Waals surface area contributed by atoms with Gasteiger partial charge in [-0.25, -0.2) is 0 Å². The molecule has 1 aliphatic heterocycles. The van der Waals surface area contributed by atoms with Crippen molar-refractivity contribution in [1.82, 2.24) is 10.2 Å². The molecule has 0 aromatic heterocycles. The molecule has 2 atom stereocenters. The van der Waals surface area contributed by atoms with Crippen LogP contribution in [0.3, 0.4) is 0 Å². The molecule has 1 fully saturated rings. The summed E-state index contributed by atoms with van der Waals surface area (Å²) in [6, 6.07) is 8.12. The maximum absolute atomic E-state index is 10.1. The predicted molar refractivity (Wildman–Crippen MR) is 92.3 cm³/mol. The number of rotatable bonds is 6. The molecule has 0 aliphatic carbocycles. The van der Waals surface area contributed by atoms with E-state index in [1.165, 1.54) is 5.56 Å². The van der Waals surface area contributed by atoms with E-state index in [0.717, 1.165) is 25.3 Å². The maximum Gasteiger partial charge on any atom is 0.118 e. The third kappa shape index (κ3) is 6.28. The Bertz CT molecular complexity index is 406. The molecule has 0 radical (unpaired) electrons. The summed E-state index contributed by atoms with van der Waals surface area (Å²) in [5.74, 6) is 0.862. The van der Waals surface area contributed by atoms with Gasteiger partial charge in [0.05, 0.1) is 19.8 Å². The summed E-state index contributed by atoms with van der Waals surface area (Å²) in [4.78, 5) is 2.25. The van der Waals surface area contributed by atoms with E-state index in [1.807, 2.05) is 12.1 Å². The predicted octanol–water partition coefficient (Wildman–Crippen LogP) is 1.06. The highest BCUT2D eigenvalue weighted by Crippen LogP contribution is 2.17. The van der Waals surface area contributed by atoms with Crippen LogP contribution in [-0.2, 0) is 6.54 Å². The lowest BCUT2D eigenvalue weighted by Crippen LogP contribution is -2.52. The standard InChI is InChI=1S/C15H24N2O3.2ClH/c1-20-13-4-2-12(3-5-13)10-17-8-6-14(15(19)11-17)16-7-9-18;;/h2-5,14-16,18-19H,6-11H2,1H3;2*1H/t14-,15-;;/m1../s1. The summed E-state index contributed by atoms with van der Waals surface area (Å²) in [6.45, 7) is 3.11. The molecular formula is C15H26Cl2N2O3. The fourth-order valence-electron chi connectivity index (χ4n) is 2.62. The molecular weight excluding hydrogens is 327 g/mol. The van der Waals surface area contributed by atoms with Gasteiger partial charge in [0.25, 0.3) is 0 Å². The average Bonchev–Trinajstić information content (AvgIpc) is 2.47. The van der Waals surface area contributed by atoms with Crippen LogP contribution in [0.4, 0.5) is 0 Å². The van der Waals surface area contributed by atoms with Crippen molar-refractivity contribution in [2.45, 2.75) is 25.1 Å². The van der Waals surface area contributed by atoms with Gasteiger partial charge in [0.15, 0.2) is 0 Å². The second kappa shape index (κ2) is 11.0. The monoisotopic (exact) mass is 352 g/mol. The summed E-state index contributed by atoms with van der Waals surface area (Å²) in [5, 5.41) is 22.1. The van der Waals surface area contributed by atoms with Crippen LogP contribution in [0.2, 0.25) is 0 Å². The normalized spacial score (nSPS) is 21.6. The van der Waals surface area contributed by atoms with E-state index in [9.17, 15) is 5.11 Å². The number of nitrogens with zero attached hydrogens (tertiary/aromatic N) is 1. The zero-order valence-electron chi connectivity index (χ0n) is 12.8. The Morgan fingerprint density at radius 1 is 1.27 bits per heavy atom. The number of hydrogen-bond donors (Lipinski definition) is 3. The van der Waals surface area contributed by atoms with Crippen molar-refractivity contribution in [3.05, 3.63) is 29.8 Å². The quantitative estimate of drug-likeness (QED) is 0.714. The molecule has 1 aromatic carbocycles. The van der Waals surface area contributed by atoms with Crippen molar-refractivity contribution in [1.29, 1.82) is 0 Å². The van der Waals surface area contributed by atoms with Crippen molar-refractivity contribution in [3.8, 4) is 5.75 Å². The molecule has 1 heterocycles. The number of methoxy groups -OCH3 is 1. The van der Waals surface area contributed by atoms with Crippen molar-refractivity contribution < 1.29 is 14.9 Å². The number of nitrogens with one attached hydrogen (secondary N) is 1. The van der Waals surface area contributed by atoms with Crippen LogP contribution >= 0.6 is 24.8 Å². The third-order valence-corrected chi connectivity index (χ3v) is 3.75. The molecule has 128 valence electrons. The number of halogens is 2. The molecule has 0 bridgehead atoms. The number of aliphatic hydroxyl groups is 2. The second-order valence-electron chi connectivity index (χ2n) is 5.22. The molecule has 2 rings (SSSR count). The van der Waals surface area contributed by atoms with E-state index < -0.39 is 0 Å². The minimum absolute atomic E-state index is 0. The van der Waals surface area contributed by atoms with Crippen molar-refractivity contribution in [2.75, 3.05) is 33.4 Å². The first-order chi connectivity index (χ1) is 9.72. The van der Waals surface area contributed by atoms with E-state index >= 15 is 0 Å². The van der Waals surface area contributed by atoms with E-state index in [0.29, 0.717) is 13.1 Å². The Balaban J connectivity index is 0.00000220. The van der Waals surface area contributed by atoms with Gasteiger partial charge in [-0.2, -0.15) is 0 Å². The number of benzene rings is 1. The molecule has 22 heavy (non-hydrogen) atoms. The largest absolute Gasteiger partial charge is 0.497 e. The maximum atomic E-state index is 10.1. The molecule has 5 nitrogen and oxygen atoms in total. The van der Waals surface area contributed by atoms with E-state index in [1.54, 1.807) is 7.11 Å². The lowest BCUT2D eigenvalue weighted by Gasteiger charge is -2.36. The van der Waals surface area contributed by atoms with Gasteiger partial charge < -0.3 is 20.3 Å². The first-order valence-corrected chi connectivity index (χ1v) is 7.10. The summed E-state index contributed by atoms with van der Waals surface area (Å²) < 4.78 is 5.15. The molecule has 1 saturated heterocycles. The molecule has 7 heteroatoms. The topological polar surface area (TPSA) is 65.0 Å². The van der Waals surface area contributed by atoms with Gasteiger partial charge in [-0.15, -0.1) is 24.8 Å². The molecule has 3 N–H and O–H groups in total. The molecule has 0 spiro atoms. The highest BCUT2D eigenvalue weighted by Gasteiger charge is 2.26. The highest BCUT2D eigenvalue weighted by atomic mass is 35.5. The van der Waals surface area contributed by atoms with Crippen molar-refractivity contribution in [3.63, 3.8) is 0 Å². The molecule has 1 aromatic rings. The van der Waals surface area contributed by atoms with Gasteiger partial charge in [-0.05, 0) is 24.1 Å². The van der Waals surface area contributed by atoms with E-state index in [4.69, 9.17) is 9.84 Å². The number of likely N-dealkylation sites (tertiary alicyclic amines) is 1. The SMILES string of the molecule is COc1ccc(CN2CC[C@@H](NCCO)[C@H](O)C2)cc1.Cl.Cl. The Morgan fingerprint density at radius 2 is 1.95 bits per heavy atom. The minimum atomic E-state index is -0.381. The Kier molecular flexibility index (Phi) is 10.8. The molecule has 0 saturated carbocycles. The first-order valence-electron chi connectivity index (χ1n) is 7.10. The molecule has 0 unspecified atom stereocenters. The Morgan fingerprint density at radius 3 is 2.50 bits per heavy atom. The summed E-state index contributed by atoms with van der Waals surface area (Å²) in [6.07, 6.45) is 0.519. The number of ether oxygens (including phenoxy) is 1. The zero-order chi connectivity index (χ0) is 14.4. The number of β-amino-alcohol motifs (C(OH)–C–C–N with tert-alkyl or cyclic N) is 1. The Labute approximate surface area is 144 Å². The van der Waals surface area contributed by atoms with Gasteiger partial charge in [-0.1, -0.05) is 12.1 Å². The van der Waals surface area contributed by atoms with Crippen LogP contribution in [0.25, 0.3) is 0 Å². The van der Waals surface area contributed by atoms with Gasteiger partial charge in [0.1, 0.15) is 5.75 Å². The van der Waals surface area contributed by atoms with Crippen LogP contribution in [0.1, 0.15) is 12.0 Å². The van der Waals surface area contributed by atoms with Gasteiger partial charge in [0.2, 0.25) is 0 Å². The highest BCUT2D eigenvalue weighted by molar-refractivity contribution is 5.85. The number of hydrogen-bond acceptors (Lipinski definition) is 5. The van der Waals surface area contributed by atoms with Crippen LogP contribution in [0.5, 0.6) is 5.75 Å². The molecule has 0 amide bonds. The zero-order valence-corrected chi connectivity index (χ0v) is 14.4. The fraction of sp³-hybridized carbons (Fsp3) is 0.600. The van der Waals surface area contributed by atoms with Crippen LogP contribution in [0, 0.1) is 0 Å². The van der Waals surface area contributed by atoms with Gasteiger partial charge in [0, 0.05) is 32.2 Å². The van der Waals surface area contributed by atoms with Crippen LogP contribution in [0.15, 0.2) is 24.3 Å². The molecule has 1 aliphatic rings. The Hall–Kier alpha value is -0.560. The van der Waals surface area contributed by atoms with E-state index in [2.05, 4.69) is 22.3 Å². The van der Waals surface area contributed by atoms with Crippen LogP contribution < -0.4 is 10.1 Å². The van der Waals surface area contributed by atoms with Crippen molar-refractivity contribution >= 4 is 24.8 Å². The number of piperidine rings is 1. The second-order valence-corrected chi connectivity index (χ2v) is 5.22. The lowest BCUT2D eigenvalue weighted by atomic mass is 10.0. The van der Waals surface area contributed by atoms with E-state index in [-0.39, 0.29) is 43.6 Å². The summed E-state index contributed by atoms with van der Waals surface area (Å²) in [7, 11) is 1.66. The van der Waals surface area contributed by atoms with Gasteiger partial charge in [-0.3, -0.25) is 4.90 Å². The smallest absolute Gasteiger partial charge is 0.118 e. The summed E-state index contributed by atoms with van der Waals surface area (Å²) in [5.41, 5.74) is 1.22. The van der Waals surface area contributed by atoms with Crippen LogP contribution in [-0.4, -0.2) is 60.6 Å². The lowest BCUT2D eigenvalue weighted by molar-refractivity contribution is 0.0358. The fourth-order valence-corrected chi connectivity index (χ4v) is 2.62. The van der Waals surface area contributed by atoms with Gasteiger partial charge >= 0.3 is 0 Å². The number of aliphatic hydroxyl groups excluding tert-OH is 2.